The van der Waals surface area contributed by atoms with Crippen molar-refractivity contribution in [2.45, 2.75) is 70.2 Å². The molecule has 10 rings (SSSR count). The van der Waals surface area contributed by atoms with Crippen molar-refractivity contribution in [1.82, 2.24) is 0 Å². The molecule has 1 aromatic heterocycles. The lowest BCUT2D eigenvalue weighted by Gasteiger charge is -2.46. The number of non-ortho nitro benzene ring substituents is 1. The first-order valence-electron chi connectivity index (χ1n) is 25.4. The summed E-state index contributed by atoms with van der Waals surface area (Å²) in [5, 5.41) is 11.9. The van der Waals surface area contributed by atoms with Gasteiger partial charge in [0.1, 0.15) is 72.1 Å². The predicted molar refractivity (Wildman–Crippen MR) is 291 cm³/mol. The Labute approximate surface area is 446 Å². The highest BCUT2D eigenvalue weighted by Gasteiger charge is 2.51. The van der Waals surface area contributed by atoms with Crippen LogP contribution in [0, 0.1) is 10.1 Å². The summed E-state index contributed by atoms with van der Waals surface area (Å²) in [6.07, 6.45) is -4.77. The third-order valence-electron chi connectivity index (χ3n) is 13.3. The van der Waals surface area contributed by atoms with Gasteiger partial charge in [0, 0.05) is 29.8 Å². The molecule has 5 atom stereocenters. The molecule has 0 radical (unpaired) electrons. The summed E-state index contributed by atoms with van der Waals surface area (Å²) in [5.41, 5.74) is 5.85. The first-order chi connectivity index (χ1) is 37.9. The van der Waals surface area contributed by atoms with Crippen LogP contribution in [0.2, 0.25) is 0 Å². The maximum Gasteiger partial charge on any atom is 0.269 e. The van der Waals surface area contributed by atoms with Gasteiger partial charge in [-0.25, -0.2) is 0 Å². The van der Waals surface area contributed by atoms with E-state index in [4.69, 9.17) is 42.3 Å². The van der Waals surface area contributed by atoms with Crippen molar-refractivity contribution in [2.24, 2.45) is 0 Å². The van der Waals surface area contributed by atoms with Crippen LogP contribution in [-0.2, 0) is 63.3 Å². The molecule has 13 nitrogen and oxygen atoms in total. The summed E-state index contributed by atoms with van der Waals surface area (Å²) < 4.78 is 61.5. The van der Waals surface area contributed by atoms with E-state index in [2.05, 4.69) is 0 Å². The molecule has 0 N–H and O–H groups in total. The van der Waals surface area contributed by atoms with Gasteiger partial charge in [0.25, 0.3) is 5.69 Å². The van der Waals surface area contributed by atoms with E-state index in [0.717, 1.165) is 27.8 Å². The van der Waals surface area contributed by atoms with Gasteiger partial charge in [-0.3, -0.25) is 14.9 Å². The second-order valence-electron chi connectivity index (χ2n) is 18.6. The number of ether oxygens (including phenoxy) is 8. The van der Waals surface area contributed by atoms with E-state index in [1.807, 2.05) is 164 Å². The highest BCUT2D eigenvalue weighted by atomic mass is 16.6. The lowest BCUT2D eigenvalue weighted by molar-refractivity contribution is -0.384. The van der Waals surface area contributed by atoms with Gasteiger partial charge >= 0.3 is 0 Å². The normalized spacial score (nSPS) is 17.2. The summed E-state index contributed by atoms with van der Waals surface area (Å²) in [7, 11) is 1.59. The maximum atomic E-state index is 15.1. The molecule has 9 aromatic rings. The first-order valence-corrected chi connectivity index (χ1v) is 25.4. The van der Waals surface area contributed by atoms with Crippen molar-refractivity contribution in [3.8, 4) is 28.6 Å². The summed E-state index contributed by atoms with van der Waals surface area (Å²) in [6, 6.07) is 65.5. The van der Waals surface area contributed by atoms with Gasteiger partial charge in [-0.15, -0.1) is 0 Å². The topological polar surface area (TPSA) is 147 Å². The van der Waals surface area contributed by atoms with Gasteiger partial charge < -0.3 is 42.3 Å². The number of hydrogen-bond acceptors (Lipinski definition) is 12. The van der Waals surface area contributed by atoms with Crippen molar-refractivity contribution in [1.29, 1.82) is 0 Å². The number of nitrogens with zero attached hydrogens (tertiary/aromatic N) is 1. The summed E-state index contributed by atoms with van der Waals surface area (Å²) in [5.74, 6) is 1.42. The van der Waals surface area contributed by atoms with Crippen LogP contribution in [-0.4, -0.2) is 43.1 Å². The van der Waals surface area contributed by atoms with E-state index in [-0.39, 0.29) is 79.8 Å². The van der Waals surface area contributed by atoms with E-state index in [9.17, 15) is 10.1 Å². The minimum absolute atomic E-state index is 0.0360. The van der Waals surface area contributed by atoms with Crippen LogP contribution in [0.15, 0.2) is 222 Å². The largest absolute Gasteiger partial charge is 0.497 e. The fourth-order valence-electron chi connectivity index (χ4n) is 9.33. The molecule has 0 aliphatic carbocycles. The molecular weight excluding hydrogens is 975 g/mol. The van der Waals surface area contributed by atoms with Crippen LogP contribution in [0.5, 0.6) is 17.2 Å². The fraction of sp³-hybridized carbons (Fsp3) is 0.203. The van der Waals surface area contributed by atoms with E-state index in [1.165, 1.54) is 18.2 Å². The van der Waals surface area contributed by atoms with E-state index < -0.39 is 35.4 Å². The van der Waals surface area contributed by atoms with Gasteiger partial charge in [-0.2, -0.15) is 0 Å². The third-order valence-corrected chi connectivity index (χ3v) is 13.3. The van der Waals surface area contributed by atoms with E-state index in [1.54, 1.807) is 37.4 Å². The molecule has 2 heterocycles. The van der Waals surface area contributed by atoms with Crippen molar-refractivity contribution in [2.75, 3.05) is 13.7 Å². The Morgan fingerprint density at radius 2 is 0.974 bits per heavy atom. The Morgan fingerprint density at radius 3 is 1.49 bits per heavy atom. The van der Waals surface area contributed by atoms with Crippen LogP contribution in [0.3, 0.4) is 0 Å². The maximum absolute atomic E-state index is 15.1. The molecule has 1 aliphatic rings. The van der Waals surface area contributed by atoms with Crippen LogP contribution in [0.25, 0.3) is 22.3 Å². The number of rotatable bonds is 23. The molecule has 1 saturated heterocycles. The zero-order chi connectivity index (χ0) is 52.8. The molecule has 8 aromatic carbocycles. The summed E-state index contributed by atoms with van der Waals surface area (Å²) >= 11 is 0. The molecule has 0 amide bonds. The molecule has 390 valence electrons. The molecule has 77 heavy (non-hydrogen) atoms. The Kier molecular flexibility index (Phi) is 17.2. The first kappa shape index (κ1) is 52.0. The SMILES string of the molecule is COc1ccc(-c2cc(=O)c3c(OCc4ccccc4)cc(OCc4ccccc4)c([C@@H]4O[C@H](COCc5ccccc5)[C@@H](OCc5ccccc5)[C@H](OCc5ccccc5)[C@H]4OCc4ccc([N+](=O)[O-])cc4)c3o2)cc1. The second-order valence-corrected chi connectivity index (χ2v) is 18.6. The number of fused-ring (bicyclic) bond motifs is 1. The highest BCUT2D eigenvalue weighted by Crippen LogP contribution is 2.47. The number of methoxy groups -OCH3 is 1. The summed E-state index contributed by atoms with van der Waals surface area (Å²) in [4.78, 5) is 26.4. The number of hydrogen-bond donors (Lipinski definition) is 0. The van der Waals surface area contributed by atoms with Crippen molar-refractivity contribution >= 4 is 16.7 Å². The van der Waals surface area contributed by atoms with Gasteiger partial charge in [0.15, 0.2) is 11.0 Å². The van der Waals surface area contributed by atoms with Gasteiger partial charge in [-0.1, -0.05) is 152 Å². The summed E-state index contributed by atoms with van der Waals surface area (Å²) in [6.45, 7) is 0.866. The van der Waals surface area contributed by atoms with Crippen molar-refractivity contribution < 1.29 is 47.2 Å². The zero-order valence-corrected chi connectivity index (χ0v) is 42.4. The van der Waals surface area contributed by atoms with Crippen LogP contribution >= 0.6 is 0 Å². The molecule has 0 unspecified atom stereocenters. The molecular formula is C64H57NO12. The average Bonchev–Trinajstić information content (AvgIpc) is 3.59. The fourth-order valence-corrected chi connectivity index (χ4v) is 9.33. The minimum Gasteiger partial charge on any atom is -0.497 e. The smallest absolute Gasteiger partial charge is 0.269 e. The van der Waals surface area contributed by atoms with Gasteiger partial charge in [0.2, 0.25) is 0 Å². The minimum atomic E-state index is -1.14. The quantitative estimate of drug-likeness (QED) is 0.0444. The van der Waals surface area contributed by atoms with Crippen LogP contribution < -0.4 is 19.6 Å². The van der Waals surface area contributed by atoms with Crippen LogP contribution in [0.1, 0.15) is 45.0 Å². The Morgan fingerprint density at radius 1 is 0.506 bits per heavy atom. The Balaban J connectivity index is 1.18. The Bertz CT molecular complexity index is 3360. The number of nitro benzene ring substituents is 1. The van der Waals surface area contributed by atoms with Gasteiger partial charge in [0.05, 0.1) is 50.6 Å². The lowest BCUT2D eigenvalue weighted by atomic mass is 9.88. The predicted octanol–water partition coefficient (Wildman–Crippen LogP) is 12.9. The third kappa shape index (κ3) is 13.2. The molecule has 0 saturated carbocycles. The zero-order valence-electron chi connectivity index (χ0n) is 42.4. The molecule has 1 fully saturated rings. The molecule has 1 aliphatic heterocycles. The molecule has 0 bridgehead atoms. The van der Waals surface area contributed by atoms with Crippen LogP contribution in [0.4, 0.5) is 5.69 Å². The average molecular weight is 1030 g/mol. The monoisotopic (exact) mass is 1030 g/mol. The Hall–Kier alpha value is -8.43. The van der Waals surface area contributed by atoms with E-state index in [0.29, 0.717) is 28.2 Å². The molecule has 13 heteroatoms. The van der Waals surface area contributed by atoms with Crippen molar-refractivity contribution in [3.05, 3.63) is 272 Å². The van der Waals surface area contributed by atoms with Crippen molar-refractivity contribution in [3.63, 3.8) is 0 Å². The standard InChI is InChI=1S/C64H57NO12/c1-69-52-33-29-50(30-34-52)54-35-53(66)58-55(71-38-45-19-9-3-10-20-45)36-56(72-39-46-21-11-4-12-22-46)59(61(58)76-54)62-64(75-42-49-27-31-51(32-28-49)65(67)68)63(74-41-48-25-15-6-16-26-48)60(73-40-47-23-13-5-14-24-47)57(77-62)43-70-37-44-17-7-2-8-18-44/h2-36,57,60,62-64H,37-43H2,1H3/t57-,60-,62+,63+,64+/m1/s1. The number of nitro groups is 1. The number of benzene rings is 8. The van der Waals surface area contributed by atoms with E-state index >= 15 is 4.79 Å². The highest BCUT2D eigenvalue weighted by molar-refractivity contribution is 5.90. The lowest BCUT2D eigenvalue weighted by Crippen LogP contribution is -2.58. The second kappa shape index (κ2) is 25.4. The van der Waals surface area contributed by atoms with Gasteiger partial charge in [-0.05, 0) is 69.8 Å². The molecule has 0 spiro atoms.